The van der Waals surface area contributed by atoms with Gasteiger partial charge in [0.2, 0.25) is 0 Å². The van der Waals surface area contributed by atoms with Gasteiger partial charge < -0.3 is 10.1 Å². The summed E-state index contributed by atoms with van der Waals surface area (Å²) in [4.78, 5) is 10.6. The van der Waals surface area contributed by atoms with Crippen LogP contribution in [0.1, 0.15) is 44.6 Å². The van der Waals surface area contributed by atoms with E-state index in [9.17, 15) is 10.1 Å². The summed E-state index contributed by atoms with van der Waals surface area (Å²) in [6, 6.07) is 5.69. The summed E-state index contributed by atoms with van der Waals surface area (Å²) in [7, 11) is 1.45. The van der Waals surface area contributed by atoms with Gasteiger partial charge in [-0.2, -0.15) is 0 Å². The molecule has 1 aliphatic carbocycles. The number of hydrogen-bond acceptors (Lipinski definition) is 4. The van der Waals surface area contributed by atoms with Crippen LogP contribution in [0.5, 0.6) is 5.75 Å². The fourth-order valence-corrected chi connectivity index (χ4v) is 3.03. The van der Waals surface area contributed by atoms with Crippen LogP contribution in [0.4, 0.5) is 5.69 Å². The normalized spacial score (nSPS) is 22.0. The molecule has 0 heterocycles. The lowest BCUT2D eigenvalue weighted by atomic mass is 9.84. The summed E-state index contributed by atoms with van der Waals surface area (Å²) in [6.07, 6.45) is 6.26. The maximum absolute atomic E-state index is 11.0. The van der Waals surface area contributed by atoms with E-state index in [0.29, 0.717) is 18.3 Å². The lowest BCUT2D eigenvalue weighted by Crippen LogP contribution is -2.32. The highest BCUT2D eigenvalue weighted by atomic mass is 16.6. The van der Waals surface area contributed by atoms with Gasteiger partial charge in [0.15, 0.2) is 5.75 Å². The standard InChI is InChI=1S/C16H24N2O3/c1-3-12-4-7-14(8-5-12)17-11-13-6-9-16(21-2)15(10-13)18(19)20/h6,9-10,12,14,17H,3-5,7-8,11H2,1-2H3. The van der Waals surface area contributed by atoms with Crippen molar-refractivity contribution in [3.63, 3.8) is 0 Å². The molecule has 0 bridgehead atoms. The molecule has 21 heavy (non-hydrogen) atoms. The molecule has 2 rings (SSSR count). The van der Waals surface area contributed by atoms with E-state index in [0.717, 1.165) is 11.5 Å². The highest BCUT2D eigenvalue weighted by Crippen LogP contribution is 2.29. The highest BCUT2D eigenvalue weighted by molar-refractivity contribution is 5.48. The average molecular weight is 292 g/mol. The summed E-state index contributed by atoms with van der Waals surface area (Å²) in [6.45, 7) is 2.93. The molecule has 1 fully saturated rings. The molecule has 0 aromatic heterocycles. The van der Waals surface area contributed by atoms with Gasteiger partial charge in [-0.15, -0.1) is 0 Å². The molecular formula is C16H24N2O3. The first kappa shape index (κ1) is 15.8. The van der Waals surface area contributed by atoms with Gasteiger partial charge in [0.05, 0.1) is 12.0 Å². The van der Waals surface area contributed by atoms with Crippen molar-refractivity contribution >= 4 is 5.69 Å². The van der Waals surface area contributed by atoms with Crippen LogP contribution in [0.3, 0.4) is 0 Å². The van der Waals surface area contributed by atoms with Crippen molar-refractivity contribution < 1.29 is 9.66 Å². The van der Waals surface area contributed by atoms with Gasteiger partial charge in [-0.3, -0.25) is 10.1 Å². The summed E-state index contributed by atoms with van der Waals surface area (Å²) >= 11 is 0. The van der Waals surface area contributed by atoms with Gasteiger partial charge in [-0.25, -0.2) is 0 Å². The van der Waals surface area contributed by atoms with Crippen LogP contribution >= 0.6 is 0 Å². The predicted octanol–water partition coefficient (Wildman–Crippen LogP) is 3.66. The molecule has 1 aromatic carbocycles. The Kier molecular flexibility index (Phi) is 5.56. The van der Waals surface area contributed by atoms with E-state index in [-0.39, 0.29) is 5.69 Å². The molecule has 0 saturated heterocycles. The smallest absolute Gasteiger partial charge is 0.311 e. The maximum Gasteiger partial charge on any atom is 0.311 e. The van der Waals surface area contributed by atoms with E-state index in [1.165, 1.54) is 39.2 Å². The lowest BCUT2D eigenvalue weighted by molar-refractivity contribution is -0.385. The van der Waals surface area contributed by atoms with E-state index in [1.54, 1.807) is 12.1 Å². The highest BCUT2D eigenvalue weighted by Gasteiger charge is 2.20. The Bertz CT molecular complexity index is 482. The van der Waals surface area contributed by atoms with Crippen molar-refractivity contribution in [2.75, 3.05) is 7.11 Å². The Balaban J connectivity index is 1.92. The van der Waals surface area contributed by atoms with E-state index in [2.05, 4.69) is 12.2 Å². The number of methoxy groups -OCH3 is 1. The number of rotatable bonds is 6. The van der Waals surface area contributed by atoms with Crippen molar-refractivity contribution in [3.8, 4) is 5.75 Å². The second kappa shape index (κ2) is 7.41. The molecular weight excluding hydrogens is 268 g/mol. The number of benzene rings is 1. The van der Waals surface area contributed by atoms with Gasteiger partial charge in [-0.1, -0.05) is 19.4 Å². The average Bonchev–Trinajstić information content (AvgIpc) is 2.53. The molecule has 1 N–H and O–H groups in total. The molecule has 0 atom stereocenters. The van der Waals surface area contributed by atoms with Crippen molar-refractivity contribution in [2.24, 2.45) is 5.92 Å². The minimum atomic E-state index is -0.394. The second-order valence-electron chi connectivity index (χ2n) is 5.77. The Morgan fingerprint density at radius 2 is 2.05 bits per heavy atom. The Hall–Kier alpha value is -1.62. The fourth-order valence-electron chi connectivity index (χ4n) is 3.03. The molecule has 0 unspecified atom stereocenters. The second-order valence-corrected chi connectivity index (χ2v) is 5.77. The van der Waals surface area contributed by atoms with Crippen molar-refractivity contribution in [1.82, 2.24) is 5.32 Å². The number of nitrogens with zero attached hydrogens (tertiary/aromatic N) is 1. The number of nitrogens with one attached hydrogen (secondary N) is 1. The summed E-state index contributed by atoms with van der Waals surface area (Å²) in [5.74, 6) is 1.19. The molecule has 0 radical (unpaired) electrons. The van der Waals surface area contributed by atoms with Gasteiger partial charge in [0.1, 0.15) is 0 Å². The van der Waals surface area contributed by atoms with Gasteiger partial charge in [0, 0.05) is 18.7 Å². The minimum Gasteiger partial charge on any atom is -0.490 e. The topological polar surface area (TPSA) is 64.4 Å². The zero-order valence-electron chi connectivity index (χ0n) is 12.8. The third-order valence-electron chi connectivity index (χ3n) is 4.46. The SMILES string of the molecule is CCC1CCC(NCc2ccc(OC)c([N+](=O)[O-])c2)CC1. The van der Waals surface area contributed by atoms with E-state index < -0.39 is 4.92 Å². The van der Waals surface area contributed by atoms with Crippen LogP contribution in [0.15, 0.2) is 18.2 Å². The summed E-state index contributed by atoms with van der Waals surface area (Å²) in [5.41, 5.74) is 0.964. The summed E-state index contributed by atoms with van der Waals surface area (Å²) in [5, 5.41) is 14.5. The Morgan fingerprint density at radius 3 is 2.62 bits per heavy atom. The van der Waals surface area contributed by atoms with Gasteiger partial charge in [-0.05, 0) is 43.2 Å². The molecule has 0 aliphatic heterocycles. The maximum atomic E-state index is 11.0. The molecule has 0 amide bonds. The predicted molar refractivity (Wildman–Crippen MR) is 82.5 cm³/mol. The van der Waals surface area contributed by atoms with Gasteiger partial charge >= 0.3 is 5.69 Å². The number of ether oxygens (including phenoxy) is 1. The molecule has 5 heteroatoms. The summed E-state index contributed by atoms with van der Waals surface area (Å²) < 4.78 is 5.02. The van der Waals surface area contributed by atoms with Crippen LogP contribution in [0.25, 0.3) is 0 Å². The van der Waals surface area contributed by atoms with Crippen LogP contribution < -0.4 is 10.1 Å². The number of nitro benzene ring substituents is 1. The fraction of sp³-hybridized carbons (Fsp3) is 0.625. The zero-order chi connectivity index (χ0) is 15.2. The molecule has 1 aromatic rings. The van der Waals surface area contributed by atoms with E-state index >= 15 is 0 Å². The molecule has 1 saturated carbocycles. The monoisotopic (exact) mass is 292 g/mol. The number of hydrogen-bond donors (Lipinski definition) is 1. The first-order valence-corrected chi connectivity index (χ1v) is 7.68. The van der Waals surface area contributed by atoms with Crippen LogP contribution in [-0.4, -0.2) is 18.1 Å². The number of nitro groups is 1. The third-order valence-corrected chi connectivity index (χ3v) is 4.46. The Morgan fingerprint density at radius 1 is 1.33 bits per heavy atom. The van der Waals surface area contributed by atoms with Crippen LogP contribution in [-0.2, 0) is 6.54 Å². The lowest BCUT2D eigenvalue weighted by Gasteiger charge is -2.28. The molecule has 116 valence electrons. The van der Waals surface area contributed by atoms with Crippen molar-refractivity contribution in [2.45, 2.75) is 51.6 Å². The first-order valence-electron chi connectivity index (χ1n) is 7.68. The quantitative estimate of drug-likeness (QED) is 0.642. The first-order chi connectivity index (χ1) is 10.1. The van der Waals surface area contributed by atoms with E-state index in [4.69, 9.17) is 4.74 Å². The largest absolute Gasteiger partial charge is 0.490 e. The van der Waals surface area contributed by atoms with Crippen LogP contribution in [0, 0.1) is 16.0 Å². The van der Waals surface area contributed by atoms with Crippen molar-refractivity contribution in [3.05, 3.63) is 33.9 Å². The van der Waals surface area contributed by atoms with Gasteiger partial charge in [0.25, 0.3) is 0 Å². The van der Waals surface area contributed by atoms with Crippen molar-refractivity contribution in [1.29, 1.82) is 0 Å². The zero-order valence-corrected chi connectivity index (χ0v) is 12.8. The van der Waals surface area contributed by atoms with Crippen LogP contribution in [0.2, 0.25) is 0 Å². The molecule has 5 nitrogen and oxygen atoms in total. The molecule has 0 spiro atoms. The third kappa shape index (κ3) is 4.17. The Labute approximate surface area is 125 Å². The molecule has 1 aliphatic rings. The minimum absolute atomic E-state index is 0.0338. The van der Waals surface area contributed by atoms with E-state index in [1.807, 2.05) is 6.07 Å².